The summed E-state index contributed by atoms with van der Waals surface area (Å²) in [5.74, 6) is -1.22. The monoisotopic (exact) mass is 455 g/mol. The van der Waals surface area contributed by atoms with Crippen molar-refractivity contribution in [1.82, 2.24) is 14.4 Å². The zero-order valence-electron chi connectivity index (χ0n) is 17.8. The number of nitrogens with zero attached hydrogens (tertiary/aromatic N) is 3. The Balaban J connectivity index is 1.57. The molecule has 33 heavy (non-hydrogen) atoms. The standard InChI is InChI=1S/C22H19F2N5O4/c1-22(2,3)33-21(31)27-13-9-25-20-28-16(11-29(20)10-13)14-8-12(4-5-15(14)23)26-19(30)17-6-7-18(24)32-17/h4-11H,1-3H3,(H,26,30)(H,27,31). The molecule has 4 rings (SSSR count). The SMILES string of the molecule is CC(C)(C)OC(=O)Nc1cnc2nc(-c3cc(NC(=O)c4ccc(F)o4)ccc3F)cn2c1. The van der Waals surface area contributed by atoms with E-state index in [0.717, 1.165) is 6.07 Å². The van der Waals surface area contributed by atoms with Crippen LogP contribution in [0.3, 0.4) is 0 Å². The summed E-state index contributed by atoms with van der Waals surface area (Å²) in [6.45, 7) is 5.23. The first-order valence-corrected chi connectivity index (χ1v) is 9.79. The summed E-state index contributed by atoms with van der Waals surface area (Å²) in [6.07, 6.45) is 3.83. The van der Waals surface area contributed by atoms with Gasteiger partial charge in [0.25, 0.3) is 11.9 Å². The average Bonchev–Trinajstić information content (AvgIpc) is 3.33. The van der Waals surface area contributed by atoms with Gasteiger partial charge in [-0.2, -0.15) is 4.39 Å². The number of anilines is 2. The van der Waals surface area contributed by atoms with E-state index < -0.39 is 29.4 Å². The average molecular weight is 455 g/mol. The molecule has 170 valence electrons. The van der Waals surface area contributed by atoms with Gasteiger partial charge in [-0.3, -0.25) is 14.5 Å². The van der Waals surface area contributed by atoms with Crippen LogP contribution in [0, 0.1) is 11.8 Å². The number of halogens is 2. The highest BCUT2D eigenvalue weighted by Crippen LogP contribution is 2.26. The van der Waals surface area contributed by atoms with E-state index >= 15 is 0 Å². The van der Waals surface area contributed by atoms with Crippen LogP contribution in [0.15, 0.2) is 53.3 Å². The number of aromatic nitrogens is 3. The Labute approximate surface area is 186 Å². The molecule has 2 N–H and O–H groups in total. The summed E-state index contributed by atoms with van der Waals surface area (Å²) in [4.78, 5) is 32.6. The maximum atomic E-state index is 14.5. The van der Waals surface area contributed by atoms with Crippen LogP contribution < -0.4 is 10.6 Å². The lowest BCUT2D eigenvalue weighted by Gasteiger charge is -2.19. The molecule has 2 amide bonds. The van der Waals surface area contributed by atoms with Gasteiger partial charge in [-0.15, -0.1) is 0 Å². The molecule has 0 saturated heterocycles. The fourth-order valence-electron chi connectivity index (χ4n) is 2.93. The molecular formula is C22H19F2N5O4. The quantitative estimate of drug-likeness (QED) is 0.454. The van der Waals surface area contributed by atoms with Crippen molar-refractivity contribution in [3.63, 3.8) is 0 Å². The first-order chi connectivity index (χ1) is 15.6. The Morgan fingerprint density at radius 2 is 1.85 bits per heavy atom. The number of ether oxygens (including phenoxy) is 1. The van der Waals surface area contributed by atoms with Crippen molar-refractivity contribution in [2.24, 2.45) is 0 Å². The summed E-state index contributed by atoms with van der Waals surface area (Å²) in [5.41, 5.74) is 0.297. The van der Waals surface area contributed by atoms with Crippen LogP contribution in [0.4, 0.5) is 25.0 Å². The van der Waals surface area contributed by atoms with E-state index in [1.807, 2.05) is 0 Å². The highest BCUT2D eigenvalue weighted by atomic mass is 19.1. The van der Waals surface area contributed by atoms with Crippen molar-refractivity contribution in [1.29, 1.82) is 0 Å². The molecule has 0 atom stereocenters. The Kier molecular flexibility index (Phi) is 5.54. The number of nitrogens with one attached hydrogen (secondary N) is 2. The van der Waals surface area contributed by atoms with E-state index in [0.29, 0.717) is 5.69 Å². The molecule has 0 saturated carbocycles. The normalized spacial score (nSPS) is 11.4. The van der Waals surface area contributed by atoms with Crippen molar-refractivity contribution in [2.75, 3.05) is 10.6 Å². The van der Waals surface area contributed by atoms with Gasteiger partial charge in [-0.05, 0) is 45.0 Å². The van der Waals surface area contributed by atoms with E-state index in [-0.39, 0.29) is 28.5 Å². The molecule has 0 fully saturated rings. The third-order valence-electron chi connectivity index (χ3n) is 4.25. The number of fused-ring (bicyclic) bond motifs is 1. The van der Waals surface area contributed by atoms with Crippen LogP contribution in [-0.2, 0) is 4.74 Å². The van der Waals surface area contributed by atoms with Crippen molar-refractivity contribution < 1.29 is 27.5 Å². The predicted octanol–water partition coefficient (Wildman–Crippen LogP) is 4.87. The third kappa shape index (κ3) is 5.14. The minimum absolute atomic E-state index is 0.102. The van der Waals surface area contributed by atoms with E-state index in [4.69, 9.17) is 4.74 Å². The van der Waals surface area contributed by atoms with Gasteiger partial charge in [-0.25, -0.2) is 19.2 Å². The number of hydrogen-bond donors (Lipinski definition) is 2. The van der Waals surface area contributed by atoms with Crippen LogP contribution in [0.5, 0.6) is 0 Å². The molecule has 0 spiro atoms. The number of carbonyl (C=O) groups excluding carboxylic acids is 2. The lowest BCUT2D eigenvalue weighted by molar-refractivity contribution is 0.0635. The van der Waals surface area contributed by atoms with Crippen LogP contribution in [0.2, 0.25) is 0 Å². The fourth-order valence-corrected chi connectivity index (χ4v) is 2.93. The predicted molar refractivity (Wildman–Crippen MR) is 115 cm³/mol. The maximum absolute atomic E-state index is 14.5. The van der Waals surface area contributed by atoms with Crippen LogP contribution in [0.1, 0.15) is 31.3 Å². The smallest absolute Gasteiger partial charge is 0.412 e. The topological polar surface area (TPSA) is 111 Å². The number of imidazole rings is 1. The molecule has 9 nitrogen and oxygen atoms in total. The van der Waals surface area contributed by atoms with Gasteiger partial charge < -0.3 is 14.5 Å². The van der Waals surface area contributed by atoms with E-state index in [2.05, 4.69) is 25.0 Å². The van der Waals surface area contributed by atoms with Crippen molar-refractivity contribution >= 4 is 29.2 Å². The lowest BCUT2D eigenvalue weighted by Crippen LogP contribution is -2.27. The minimum atomic E-state index is -0.891. The summed E-state index contributed by atoms with van der Waals surface area (Å²) >= 11 is 0. The van der Waals surface area contributed by atoms with Crippen LogP contribution in [0.25, 0.3) is 17.0 Å². The summed E-state index contributed by atoms with van der Waals surface area (Å²) < 4.78 is 38.9. The zero-order valence-corrected chi connectivity index (χ0v) is 17.8. The van der Waals surface area contributed by atoms with Gasteiger partial charge >= 0.3 is 6.09 Å². The molecule has 0 unspecified atom stereocenters. The number of amides is 2. The van der Waals surface area contributed by atoms with E-state index in [9.17, 15) is 18.4 Å². The van der Waals surface area contributed by atoms with Gasteiger partial charge in [0.1, 0.15) is 11.4 Å². The molecule has 0 aliphatic rings. The molecule has 0 aliphatic heterocycles. The minimum Gasteiger partial charge on any atom is -0.444 e. The Morgan fingerprint density at radius 3 is 2.55 bits per heavy atom. The molecule has 1 aromatic carbocycles. The molecule has 4 aromatic rings. The van der Waals surface area contributed by atoms with Gasteiger partial charge in [0.15, 0.2) is 5.76 Å². The molecular weight excluding hydrogens is 436 g/mol. The van der Waals surface area contributed by atoms with Gasteiger partial charge in [0, 0.05) is 29.7 Å². The van der Waals surface area contributed by atoms with Gasteiger partial charge in [-0.1, -0.05) is 0 Å². The van der Waals surface area contributed by atoms with E-state index in [1.165, 1.54) is 41.1 Å². The molecule has 3 aromatic heterocycles. The largest absolute Gasteiger partial charge is 0.444 e. The van der Waals surface area contributed by atoms with Crippen LogP contribution in [-0.4, -0.2) is 32.0 Å². The third-order valence-corrected chi connectivity index (χ3v) is 4.25. The van der Waals surface area contributed by atoms with Gasteiger partial charge in [0.05, 0.1) is 17.6 Å². The molecule has 0 bridgehead atoms. The first kappa shape index (κ1) is 21.9. The maximum Gasteiger partial charge on any atom is 0.412 e. The Bertz CT molecular complexity index is 1360. The highest BCUT2D eigenvalue weighted by Gasteiger charge is 2.18. The molecule has 3 heterocycles. The lowest BCUT2D eigenvalue weighted by atomic mass is 10.1. The second-order valence-electron chi connectivity index (χ2n) is 8.06. The number of benzene rings is 1. The number of furan rings is 1. The number of hydrogen-bond acceptors (Lipinski definition) is 6. The second kappa shape index (κ2) is 8.34. The molecule has 0 radical (unpaired) electrons. The number of rotatable bonds is 4. The highest BCUT2D eigenvalue weighted by molar-refractivity contribution is 6.02. The van der Waals surface area contributed by atoms with Crippen molar-refractivity contribution in [2.45, 2.75) is 26.4 Å². The first-order valence-electron chi connectivity index (χ1n) is 9.79. The zero-order chi connectivity index (χ0) is 23.8. The van der Waals surface area contributed by atoms with Crippen LogP contribution >= 0.6 is 0 Å². The summed E-state index contributed by atoms with van der Waals surface area (Å²) in [5, 5.41) is 5.08. The summed E-state index contributed by atoms with van der Waals surface area (Å²) in [6, 6.07) is 5.21. The Hall–Kier alpha value is -4.28. The van der Waals surface area contributed by atoms with Crippen molar-refractivity contribution in [3.05, 3.63) is 66.5 Å². The number of carbonyl (C=O) groups is 2. The Morgan fingerprint density at radius 1 is 1.06 bits per heavy atom. The second-order valence-corrected chi connectivity index (χ2v) is 8.06. The summed E-state index contributed by atoms with van der Waals surface area (Å²) in [7, 11) is 0. The molecule has 0 aliphatic carbocycles. The van der Waals surface area contributed by atoms with E-state index in [1.54, 1.807) is 27.0 Å². The molecule has 11 heteroatoms. The fraction of sp³-hybridized carbons (Fsp3) is 0.182. The van der Waals surface area contributed by atoms with Gasteiger partial charge in [0.2, 0.25) is 5.78 Å². The van der Waals surface area contributed by atoms with Crippen molar-refractivity contribution in [3.8, 4) is 11.3 Å².